The molecule has 1 aliphatic rings. The number of ketones is 1. The van der Waals surface area contributed by atoms with E-state index < -0.39 is 23.5 Å². The highest BCUT2D eigenvalue weighted by Gasteiger charge is 2.45. The van der Waals surface area contributed by atoms with E-state index >= 15 is 0 Å². The maximum Gasteiger partial charge on any atom is 0.295 e. The van der Waals surface area contributed by atoms with Crippen LogP contribution in [-0.2, 0) is 9.59 Å². The van der Waals surface area contributed by atoms with Crippen LogP contribution in [0, 0.1) is 5.82 Å². The number of Topliss-reactive ketones (excluding diaryl/α,β-unsaturated/α-hetero) is 1. The first-order chi connectivity index (χ1) is 13.8. The summed E-state index contributed by atoms with van der Waals surface area (Å²) in [7, 11) is 3.85. The van der Waals surface area contributed by atoms with Crippen molar-refractivity contribution in [2.24, 2.45) is 0 Å². The lowest BCUT2D eigenvalue weighted by Crippen LogP contribution is -2.32. The number of aliphatic hydroxyl groups is 1. The Morgan fingerprint density at radius 2 is 1.72 bits per heavy atom. The second-order valence-corrected chi connectivity index (χ2v) is 7.64. The maximum atomic E-state index is 13.4. The van der Waals surface area contributed by atoms with Crippen LogP contribution in [-0.4, -0.2) is 53.8 Å². The SMILES string of the molecule is CN(C)CCCN1C(=O)C(=O)/C(=C(/O)c2ccc(Cl)cc2)[C@H]1c1ccc(F)cc1. The summed E-state index contributed by atoms with van der Waals surface area (Å²) in [5.74, 6) is -2.12. The molecule has 7 heteroatoms. The van der Waals surface area contributed by atoms with E-state index in [0.29, 0.717) is 29.1 Å². The second kappa shape index (κ2) is 8.76. The Kier molecular flexibility index (Phi) is 6.35. The molecule has 0 bridgehead atoms. The summed E-state index contributed by atoms with van der Waals surface area (Å²) in [6, 6.07) is 11.2. The van der Waals surface area contributed by atoms with Crippen LogP contribution in [0.3, 0.4) is 0 Å². The molecule has 1 fully saturated rings. The zero-order valence-electron chi connectivity index (χ0n) is 16.2. The fourth-order valence-corrected chi connectivity index (χ4v) is 3.55. The number of carbonyl (C=O) groups is 2. The molecule has 0 aromatic heterocycles. The lowest BCUT2D eigenvalue weighted by Gasteiger charge is -2.26. The number of nitrogens with zero attached hydrogens (tertiary/aromatic N) is 2. The van der Waals surface area contributed by atoms with Crippen LogP contribution in [0.1, 0.15) is 23.6 Å². The van der Waals surface area contributed by atoms with Crippen LogP contribution in [0.4, 0.5) is 4.39 Å². The molecule has 1 N–H and O–H groups in total. The number of benzene rings is 2. The summed E-state index contributed by atoms with van der Waals surface area (Å²) < 4.78 is 13.4. The van der Waals surface area contributed by atoms with Gasteiger partial charge in [-0.3, -0.25) is 9.59 Å². The fraction of sp³-hybridized carbons (Fsp3) is 0.273. The molecule has 1 saturated heterocycles. The zero-order chi connectivity index (χ0) is 21.1. The predicted octanol–water partition coefficient (Wildman–Crippen LogP) is 3.85. The van der Waals surface area contributed by atoms with Gasteiger partial charge in [-0.05, 0) is 69.0 Å². The first-order valence-electron chi connectivity index (χ1n) is 9.24. The fourth-order valence-electron chi connectivity index (χ4n) is 3.42. The van der Waals surface area contributed by atoms with E-state index in [4.69, 9.17) is 11.6 Å². The second-order valence-electron chi connectivity index (χ2n) is 7.21. The number of amides is 1. The van der Waals surface area contributed by atoms with Gasteiger partial charge in [0.25, 0.3) is 11.7 Å². The molecule has 1 amide bonds. The lowest BCUT2D eigenvalue weighted by atomic mass is 9.95. The van der Waals surface area contributed by atoms with Crippen molar-refractivity contribution in [2.45, 2.75) is 12.5 Å². The first kappa shape index (κ1) is 21.0. The smallest absolute Gasteiger partial charge is 0.295 e. The largest absolute Gasteiger partial charge is 0.507 e. The normalized spacial score (nSPS) is 18.7. The van der Waals surface area contributed by atoms with Crippen LogP contribution < -0.4 is 0 Å². The van der Waals surface area contributed by atoms with Crippen molar-refractivity contribution in [1.29, 1.82) is 0 Å². The third kappa shape index (κ3) is 4.49. The molecule has 0 unspecified atom stereocenters. The van der Waals surface area contributed by atoms with Gasteiger partial charge in [-0.2, -0.15) is 0 Å². The van der Waals surface area contributed by atoms with Crippen molar-refractivity contribution in [3.8, 4) is 0 Å². The van der Waals surface area contributed by atoms with Crippen molar-refractivity contribution in [3.63, 3.8) is 0 Å². The highest BCUT2D eigenvalue weighted by Crippen LogP contribution is 2.39. The Balaban J connectivity index is 2.07. The first-order valence-corrected chi connectivity index (χ1v) is 9.62. The molecule has 0 spiro atoms. The summed E-state index contributed by atoms with van der Waals surface area (Å²) in [5, 5.41) is 11.4. The molecule has 1 atom stereocenters. The van der Waals surface area contributed by atoms with Gasteiger partial charge in [-0.15, -0.1) is 0 Å². The minimum Gasteiger partial charge on any atom is -0.507 e. The highest BCUT2D eigenvalue weighted by atomic mass is 35.5. The van der Waals surface area contributed by atoms with Gasteiger partial charge in [0.05, 0.1) is 11.6 Å². The summed E-state index contributed by atoms with van der Waals surface area (Å²) in [5.41, 5.74) is 0.938. The van der Waals surface area contributed by atoms with E-state index in [0.717, 1.165) is 6.54 Å². The van der Waals surface area contributed by atoms with E-state index in [2.05, 4.69) is 0 Å². The van der Waals surface area contributed by atoms with E-state index in [9.17, 15) is 19.1 Å². The molecule has 1 aliphatic heterocycles. The van der Waals surface area contributed by atoms with Crippen LogP contribution in [0.25, 0.3) is 5.76 Å². The Labute approximate surface area is 174 Å². The van der Waals surface area contributed by atoms with Gasteiger partial charge < -0.3 is 14.9 Å². The van der Waals surface area contributed by atoms with Gasteiger partial charge in [0.1, 0.15) is 11.6 Å². The van der Waals surface area contributed by atoms with Crippen LogP contribution in [0.5, 0.6) is 0 Å². The topological polar surface area (TPSA) is 60.9 Å². The third-order valence-corrected chi connectivity index (χ3v) is 5.10. The van der Waals surface area contributed by atoms with E-state index in [-0.39, 0.29) is 11.3 Å². The molecular formula is C22H22ClFN2O3. The summed E-state index contributed by atoms with van der Waals surface area (Å²) >= 11 is 5.91. The van der Waals surface area contributed by atoms with Gasteiger partial charge in [0, 0.05) is 17.1 Å². The molecule has 0 saturated carbocycles. The Bertz CT molecular complexity index is 940. The minimum atomic E-state index is -0.784. The van der Waals surface area contributed by atoms with E-state index in [1.165, 1.54) is 29.2 Å². The maximum absolute atomic E-state index is 13.4. The van der Waals surface area contributed by atoms with Crippen molar-refractivity contribution in [1.82, 2.24) is 9.80 Å². The monoisotopic (exact) mass is 416 g/mol. The third-order valence-electron chi connectivity index (χ3n) is 4.85. The number of halogens is 2. The zero-order valence-corrected chi connectivity index (χ0v) is 17.0. The van der Waals surface area contributed by atoms with Gasteiger partial charge in [-0.1, -0.05) is 23.7 Å². The minimum absolute atomic E-state index is 0.00576. The van der Waals surface area contributed by atoms with Crippen molar-refractivity contribution in [3.05, 3.63) is 76.1 Å². The summed E-state index contributed by atoms with van der Waals surface area (Å²) in [4.78, 5) is 29.0. The Morgan fingerprint density at radius 1 is 1.10 bits per heavy atom. The molecule has 2 aromatic rings. The highest BCUT2D eigenvalue weighted by molar-refractivity contribution is 6.46. The van der Waals surface area contributed by atoms with Crippen molar-refractivity contribution in [2.75, 3.05) is 27.2 Å². The van der Waals surface area contributed by atoms with Crippen LogP contribution >= 0.6 is 11.6 Å². The van der Waals surface area contributed by atoms with E-state index in [1.807, 2.05) is 19.0 Å². The van der Waals surface area contributed by atoms with Crippen molar-refractivity contribution < 1.29 is 19.1 Å². The summed E-state index contributed by atoms with van der Waals surface area (Å²) in [6.07, 6.45) is 0.651. The molecule has 1 heterocycles. The van der Waals surface area contributed by atoms with Gasteiger partial charge >= 0.3 is 0 Å². The standard InChI is InChI=1S/C22H22ClFN2O3/c1-25(2)12-3-13-26-19(14-6-10-17(24)11-7-14)18(21(28)22(26)29)20(27)15-4-8-16(23)9-5-15/h4-11,19,27H,3,12-13H2,1-2H3/b20-18+/t19-/m1/s1. The quantitative estimate of drug-likeness (QED) is 0.441. The van der Waals surface area contributed by atoms with Gasteiger partial charge in [0.2, 0.25) is 0 Å². The molecule has 29 heavy (non-hydrogen) atoms. The van der Waals surface area contributed by atoms with Gasteiger partial charge in [-0.25, -0.2) is 4.39 Å². The number of likely N-dealkylation sites (tertiary alicyclic amines) is 1. The average molecular weight is 417 g/mol. The molecule has 0 aliphatic carbocycles. The van der Waals surface area contributed by atoms with Crippen LogP contribution in [0.15, 0.2) is 54.1 Å². The Hall–Kier alpha value is -2.70. The number of carbonyl (C=O) groups excluding carboxylic acids is 2. The number of rotatable bonds is 6. The lowest BCUT2D eigenvalue weighted by molar-refractivity contribution is -0.139. The molecule has 3 rings (SSSR count). The number of aliphatic hydroxyl groups excluding tert-OH is 1. The average Bonchev–Trinajstić information content (AvgIpc) is 2.93. The number of hydrogen-bond acceptors (Lipinski definition) is 4. The van der Waals surface area contributed by atoms with E-state index in [1.54, 1.807) is 24.3 Å². The molecule has 5 nitrogen and oxygen atoms in total. The molecular weight excluding hydrogens is 395 g/mol. The molecule has 2 aromatic carbocycles. The van der Waals surface area contributed by atoms with Crippen LogP contribution in [0.2, 0.25) is 5.02 Å². The molecule has 152 valence electrons. The number of hydrogen-bond donors (Lipinski definition) is 1. The van der Waals surface area contributed by atoms with Crippen molar-refractivity contribution >= 4 is 29.1 Å². The molecule has 0 radical (unpaired) electrons. The van der Waals surface area contributed by atoms with Gasteiger partial charge in [0.15, 0.2) is 0 Å². The summed E-state index contributed by atoms with van der Waals surface area (Å²) in [6.45, 7) is 1.07. The Morgan fingerprint density at radius 3 is 2.31 bits per heavy atom. The predicted molar refractivity (Wildman–Crippen MR) is 110 cm³/mol.